The van der Waals surface area contributed by atoms with E-state index in [0.717, 1.165) is 5.56 Å². The zero-order chi connectivity index (χ0) is 25.1. The molecule has 35 heavy (non-hydrogen) atoms. The lowest BCUT2D eigenvalue weighted by atomic mass is 10.1. The zero-order valence-electron chi connectivity index (χ0n) is 18.2. The number of nitrogens with one attached hydrogen (secondary N) is 1. The minimum absolute atomic E-state index is 0.00785. The average molecular weight is 523 g/mol. The first-order valence-electron chi connectivity index (χ1n) is 10.6. The minimum atomic E-state index is -4.52. The maximum atomic E-state index is 13.7. The Hall–Kier alpha value is -2.82. The third-order valence-corrected chi connectivity index (χ3v) is 7.12. The molecule has 0 amide bonds. The molecule has 2 aromatic heterocycles. The standard InChI is InChI=1S/C23H21F3N3O4PS/c24-23(25,26)20-18(16-5-2-1-3-6-16)13-19(35-20)22-28-21(29-33-22)17-9-7-15(8-10-17)14-27-11-4-12-34(30,31)32/h1-3,5-10,13,27H,4,11-12,14H2,(H2,30,31,32). The fourth-order valence-electron chi connectivity index (χ4n) is 3.39. The Labute approximate surface area is 202 Å². The van der Waals surface area contributed by atoms with Gasteiger partial charge >= 0.3 is 13.8 Å². The van der Waals surface area contributed by atoms with Crippen molar-refractivity contribution in [2.24, 2.45) is 0 Å². The molecule has 0 spiro atoms. The average Bonchev–Trinajstić information content (AvgIpc) is 3.47. The molecule has 4 aromatic rings. The van der Waals surface area contributed by atoms with E-state index in [-0.39, 0.29) is 28.3 Å². The van der Waals surface area contributed by atoms with Crippen LogP contribution >= 0.6 is 18.9 Å². The van der Waals surface area contributed by atoms with Crippen molar-refractivity contribution in [3.63, 3.8) is 0 Å². The van der Waals surface area contributed by atoms with Crippen LogP contribution in [0.15, 0.2) is 65.2 Å². The van der Waals surface area contributed by atoms with Gasteiger partial charge in [0, 0.05) is 17.7 Å². The van der Waals surface area contributed by atoms with Gasteiger partial charge in [0.15, 0.2) is 0 Å². The summed E-state index contributed by atoms with van der Waals surface area (Å²) in [6.45, 7) is 0.976. The second-order valence-corrected chi connectivity index (χ2v) is 10.6. The van der Waals surface area contributed by atoms with Crippen molar-refractivity contribution in [3.8, 4) is 33.3 Å². The van der Waals surface area contributed by atoms with Gasteiger partial charge in [-0.1, -0.05) is 59.8 Å². The molecule has 4 rings (SSSR count). The van der Waals surface area contributed by atoms with Gasteiger partial charge in [0.25, 0.3) is 5.89 Å². The Morgan fingerprint density at radius 3 is 2.40 bits per heavy atom. The number of hydrogen-bond acceptors (Lipinski definition) is 6. The monoisotopic (exact) mass is 523 g/mol. The number of nitrogens with zero attached hydrogens (tertiary/aromatic N) is 2. The van der Waals surface area contributed by atoms with Gasteiger partial charge in [0.2, 0.25) is 5.82 Å². The number of benzene rings is 2. The molecule has 3 N–H and O–H groups in total. The molecule has 0 fully saturated rings. The third kappa shape index (κ3) is 6.65. The molecule has 2 aromatic carbocycles. The van der Waals surface area contributed by atoms with E-state index in [4.69, 9.17) is 14.3 Å². The number of hydrogen-bond donors (Lipinski definition) is 3. The third-order valence-electron chi connectivity index (χ3n) is 5.06. The van der Waals surface area contributed by atoms with Crippen LogP contribution in [-0.2, 0) is 17.3 Å². The lowest BCUT2D eigenvalue weighted by molar-refractivity contribution is -0.133. The first-order valence-corrected chi connectivity index (χ1v) is 13.2. The van der Waals surface area contributed by atoms with Gasteiger partial charge in [-0.2, -0.15) is 18.2 Å². The molecule has 184 valence electrons. The summed E-state index contributed by atoms with van der Waals surface area (Å²) < 4.78 is 57.1. The summed E-state index contributed by atoms with van der Waals surface area (Å²) in [7, 11) is -3.98. The largest absolute Gasteiger partial charge is 0.426 e. The molecular formula is C23H21F3N3O4PS. The molecule has 0 aliphatic heterocycles. The van der Waals surface area contributed by atoms with Crippen LogP contribution in [0.4, 0.5) is 13.2 Å². The van der Waals surface area contributed by atoms with Crippen LogP contribution in [0.1, 0.15) is 16.9 Å². The Bertz CT molecular complexity index is 1320. The molecule has 0 aliphatic carbocycles. The van der Waals surface area contributed by atoms with Gasteiger partial charge in [-0.15, -0.1) is 11.3 Å². The fourth-order valence-corrected chi connectivity index (χ4v) is 4.93. The molecule has 7 nitrogen and oxygen atoms in total. The topological polar surface area (TPSA) is 108 Å². The summed E-state index contributed by atoms with van der Waals surface area (Å²) in [6, 6.07) is 17.0. The maximum Gasteiger partial charge on any atom is 0.426 e. The van der Waals surface area contributed by atoms with Crippen LogP contribution in [-0.4, -0.2) is 32.6 Å². The highest BCUT2D eigenvalue weighted by molar-refractivity contribution is 7.51. The van der Waals surface area contributed by atoms with Crippen LogP contribution in [0.5, 0.6) is 0 Å². The summed E-state index contributed by atoms with van der Waals surface area (Å²) >= 11 is 0.561. The molecule has 0 atom stereocenters. The lowest BCUT2D eigenvalue weighted by Gasteiger charge is -2.07. The predicted octanol–water partition coefficient (Wildman–Crippen LogP) is 5.81. The van der Waals surface area contributed by atoms with E-state index in [2.05, 4.69) is 15.5 Å². The van der Waals surface area contributed by atoms with E-state index >= 15 is 0 Å². The second-order valence-electron chi connectivity index (χ2n) is 7.76. The number of aromatic nitrogens is 2. The molecule has 0 aliphatic rings. The zero-order valence-corrected chi connectivity index (χ0v) is 19.9. The van der Waals surface area contributed by atoms with Gasteiger partial charge in [-0.25, -0.2) is 0 Å². The van der Waals surface area contributed by atoms with E-state index < -0.39 is 18.6 Å². The molecule has 0 unspecified atom stereocenters. The van der Waals surface area contributed by atoms with Crippen molar-refractivity contribution in [2.75, 3.05) is 12.7 Å². The van der Waals surface area contributed by atoms with E-state index in [1.165, 1.54) is 6.07 Å². The van der Waals surface area contributed by atoms with Crippen LogP contribution in [0.25, 0.3) is 33.3 Å². The van der Waals surface area contributed by atoms with Crippen LogP contribution < -0.4 is 5.32 Å². The minimum Gasteiger partial charge on any atom is -0.333 e. The van der Waals surface area contributed by atoms with Gasteiger partial charge in [0.05, 0.1) is 11.0 Å². The normalized spacial score (nSPS) is 12.3. The van der Waals surface area contributed by atoms with Gasteiger partial charge in [0.1, 0.15) is 4.88 Å². The number of thiophene rings is 1. The predicted molar refractivity (Wildman–Crippen MR) is 127 cm³/mol. The Morgan fingerprint density at radius 2 is 1.74 bits per heavy atom. The van der Waals surface area contributed by atoms with Crippen molar-refractivity contribution in [2.45, 2.75) is 19.1 Å². The fraction of sp³-hybridized carbons (Fsp3) is 0.217. The summed E-state index contributed by atoms with van der Waals surface area (Å²) in [5.41, 5.74) is 2.10. The SMILES string of the molecule is O=P(O)(O)CCCNCc1ccc(-c2noc(-c3cc(-c4ccccc4)c(C(F)(F)F)s3)n2)cc1. The lowest BCUT2D eigenvalue weighted by Crippen LogP contribution is -2.15. The molecule has 0 saturated heterocycles. The first-order chi connectivity index (χ1) is 16.6. The second kappa shape index (κ2) is 10.4. The highest BCUT2D eigenvalue weighted by Gasteiger charge is 2.37. The van der Waals surface area contributed by atoms with Gasteiger partial charge in [-0.3, -0.25) is 4.57 Å². The van der Waals surface area contributed by atoms with E-state index in [0.29, 0.717) is 42.0 Å². The Morgan fingerprint density at radius 1 is 1.03 bits per heavy atom. The molecule has 12 heteroatoms. The summed E-state index contributed by atoms with van der Waals surface area (Å²) in [5, 5.41) is 7.03. The van der Waals surface area contributed by atoms with Crippen molar-refractivity contribution in [1.29, 1.82) is 0 Å². The van der Waals surface area contributed by atoms with E-state index in [1.54, 1.807) is 42.5 Å². The molecule has 0 saturated carbocycles. The van der Waals surface area contributed by atoms with Gasteiger partial charge < -0.3 is 19.6 Å². The van der Waals surface area contributed by atoms with Crippen LogP contribution in [0.3, 0.4) is 0 Å². The number of alkyl halides is 3. The molecule has 0 radical (unpaired) electrons. The number of halogens is 3. The number of rotatable bonds is 9. The van der Waals surface area contributed by atoms with Crippen LogP contribution in [0.2, 0.25) is 0 Å². The highest BCUT2D eigenvalue weighted by Crippen LogP contribution is 2.45. The molecule has 2 heterocycles. The molecular weight excluding hydrogens is 502 g/mol. The first kappa shape index (κ1) is 25.3. The van der Waals surface area contributed by atoms with Crippen molar-refractivity contribution < 1.29 is 32.0 Å². The quantitative estimate of drug-likeness (QED) is 0.188. The summed E-state index contributed by atoms with van der Waals surface area (Å²) in [4.78, 5) is 21.5. The van der Waals surface area contributed by atoms with E-state index in [1.807, 2.05) is 12.1 Å². The maximum absolute atomic E-state index is 13.7. The Balaban J connectivity index is 1.47. The highest BCUT2D eigenvalue weighted by atomic mass is 32.1. The van der Waals surface area contributed by atoms with E-state index in [9.17, 15) is 17.7 Å². The van der Waals surface area contributed by atoms with Crippen LogP contribution in [0, 0.1) is 0 Å². The van der Waals surface area contributed by atoms with Gasteiger partial charge in [-0.05, 0) is 30.2 Å². The molecule has 0 bridgehead atoms. The summed E-state index contributed by atoms with van der Waals surface area (Å²) in [5.74, 6) is 0.262. The van der Waals surface area contributed by atoms with Crippen molar-refractivity contribution in [1.82, 2.24) is 15.5 Å². The smallest absolute Gasteiger partial charge is 0.333 e. The van der Waals surface area contributed by atoms with Crippen molar-refractivity contribution in [3.05, 3.63) is 71.1 Å². The Kier molecular flexibility index (Phi) is 7.53. The summed E-state index contributed by atoms with van der Waals surface area (Å²) in [6.07, 6.45) is -4.32. The van der Waals surface area contributed by atoms with Crippen molar-refractivity contribution >= 4 is 18.9 Å².